The Morgan fingerprint density at radius 2 is 1.90 bits per heavy atom. The van der Waals surface area contributed by atoms with E-state index in [9.17, 15) is 0 Å². The Hall–Kier alpha value is -1.65. The van der Waals surface area contributed by atoms with E-state index in [2.05, 4.69) is 57.8 Å². The molecule has 2 heterocycles. The van der Waals surface area contributed by atoms with Gasteiger partial charge in [0, 0.05) is 45.5 Å². The predicted octanol–water partition coefficient (Wildman–Crippen LogP) is 2.94. The van der Waals surface area contributed by atoms with Crippen LogP contribution in [0.4, 0.5) is 0 Å². The molecule has 0 radical (unpaired) electrons. The van der Waals surface area contributed by atoms with Gasteiger partial charge in [-0.25, -0.2) is 4.68 Å². The Kier molecular flexibility index (Phi) is 11.3. The highest BCUT2D eigenvalue weighted by atomic mass is 127. The zero-order chi connectivity index (χ0) is 21.2. The molecule has 0 saturated carbocycles. The standard InChI is InChI=1S/C23H36N6O.HI/c1-19(2)15-22(28-11-13-30-14-12-28)17-26-23(24-3)25-10-9-20-16-27-29(18-20)21-7-5-4-6-8-21;/h4-8,16,18-19,22H,9-15,17H2,1-3H3,(H2,24,25,26);1H. The van der Waals surface area contributed by atoms with Crippen molar-refractivity contribution in [2.24, 2.45) is 10.9 Å². The van der Waals surface area contributed by atoms with Crippen molar-refractivity contribution in [3.63, 3.8) is 0 Å². The van der Waals surface area contributed by atoms with Crippen LogP contribution in [0.1, 0.15) is 25.8 Å². The Morgan fingerprint density at radius 1 is 1.16 bits per heavy atom. The molecule has 1 aromatic heterocycles. The molecular formula is C23H37IN6O. The molecule has 1 fully saturated rings. The number of benzene rings is 1. The fourth-order valence-electron chi connectivity index (χ4n) is 3.82. The molecule has 3 rings (SSSR count). The number of hydrogen-bond acceptors (Lipinski definition) is 4. The van der Waals surface area contributed by atoms with Gasteiger partial charge in [-0.2, -0.15) is 5.10 Å². The molecule has 1 aromatic carbocycles. The lowest BCUT2D eigenvalue weighted by Crippen LogP contribution is -2.51. The normalized spacial score (nSPS) is 16.1. The van der Waals surface area contributed by atoms with E-state index in [4.69, 9.17) is 4.74 Å². The average Bonchev–Trinajstić information content (AvgIpc) is 3.25. The number of nitrogens with zero attached hydrogens (tertiary/aromatic N) is 4. The minimum absolute atomic E-state index is 0. The minimum Gasteiger partial charge on any atom is -0.379 e. The van der Waals surface area contributed by atoms with Crippen LogP contribution in [0.15, 0.2) is 47.7 Å². The lowest BCUT2D eigenvalue weighted by Gasteiger charge is -2.35. The summed E-state index contributed by atoms with van der Waals surface area (Å²) in [6, 6.07) is 10.7. The van der Waals surface area contributed by atoms with Crippen molar-refractivity contribution < 1.29 is 4.74 Å². The van der Waals surface area contributed by atoms with E-state index in [1.165, 1.54) is 12.0 Å². The van der Waals surface area contributed by atoms with Crippen molar-refractivity contribution in [3.8, 4) is 5.69 Å². The Morgan fingerprint density at radius 3 is 2.58 bits per heavy atom. The summed E-state index contributed by atoms with van der Waals surface area (Å²) in [4.78, 5) is 6.94. The molecule has 172 valence electrons. The van der Waals surface area contributed by atoms with Crippen LogP contribution in [0.2, 0.25) is 0 Å². The van der Waals surface area contributed by atoms with Gasteiger partial charge in [0.25, 0.3) is 0 Å². The van der Waals surface area contributed by atoms with Crippen molar-refractivity contribution >= 4 is 29.9 Å². The fourth-order valence-corrected chi connectivity index (χ4v) is 3.82. The number of para-hydroxylation sites is 1. The second-order valence-electron chi connectivity index (χ2n) is 8.19. The molecule has 7 nitrogen and oxygen atoms in total. The predicted molar refractivity (Wildman–Crippen MR) is 138 cm³/mol. The molecule has 1 atom stereocenters. The van der Waals surface area contributed by atoms with E-state index in [-0.39, 0.29) is 24.0 Å². The van der Waals surface area contributed by atoms with Gasteiger partial charge >= 0.3 is 0 Å². The monoisotopic (exact) mass is 540 g/mol. The maximum atomic E-state index is 5.52. The summed E-state index contributed by atoms with van der Waals surface area (Å²) in [7, 11) is 1.83. The maximum absolute atomic E-state index is 5.52. The number of rotatable bonds is 9. The van der Waals surface area contributed by atoms with Crippen LogP contribution in [0, 0.1) is 5.92 Å². The highest BCUT2D eigenvalue weighted by molar-refractivity contribution is 14.0. The third kappa shape index (κ3) is 8.42. The van der Waals surface area contributed by atoms with Gasteiger partial charge < -0.3 is 15.4 Å². The first-order chi connectivity index (χ1) is 14.7. The molecular weight excluding hydrogens is 503 g/mol. The van der Waals surface area contributed by atoms with Gasteiger partial charge in [0.05, 0.1) is 25.1 Å². The SMILES string of the molecule is CN=C(NCCc1cnn(-c2ccccc2)c1)NCC(CC(C)C)N1CCOCC1.I. The molecule has 1 aliphatic rings. The van der Waals surface area contributed by atoms with Gasteiger partial charge in [-0.1, -0.05) is 32.0 Å². The van der Waals surface area contributed by atoms with Crippen LogP contribution in [0.5, 0.6) is 0 Å². The van der Waals surface area contributed by atoms with Crippen molar-refractivity contribution in [3.05, 3.63) is 48.3 Å². The van der Waals surface area contributed by atoms with Crippen molar-refractivity contribution in [1.29, 1.82) is 0 Å². The quantitative estimate of drug-likeness (QED) is 0.291. The largest absolute Gasteiger partial charge is 0.379 e. The number of nitrogens with one attached hydrogen (secondary N) is 2. The van der Waals surface area contributed by atoms with E-state index in [0.29, 0.717) is 12.0 Å². The second-order valence-corrected chi connectivity index (χ2v) is 8.19. The summed E-state index contributed by atoms with van der Waals surface area (Å²) in [5.74, 6) is 1.52. The highest BCUT2D eigenvalue weighted by Gasteiger charge is 2.22. The van der Waals surface area contributed by atoms with E-state index in [1.807, 2.05) is 36.1 Å². The molecule has 1 unspecified atom stereocenters. The number of hydrogen-bond donors (Lipinski definition) is 2. The van der Waals surface area contributed by atoms with Gasteiger partial charge in [-0.15, -0.1) is 24.0 Å². The van der Waals surface area contributed by atoms with Crippen LogP contribution >= 0.6 is 24.0 Å². The first kappa shape index (κ1) is 25.6. The van der Waals surface area contributed by atoms with Crippen molar-refractivity contribution in [2.75, 3.05) is 46.4 Å². The summed E-state index contributed by atoms with van der Waals surface area (Å²) in [5.41, 5.74) is 2.28. The Bertz CT molecular complexity index is 773. The summed E-state index contributed by atoms with van der Waals surface area (Å²) in [6.07, 6.45) is 6.08. The van der Waals surface area contributed by atoms with Crippen LogP contribution in [-0.4, -0.2) is 73.1 Å². The lowest BCUT2D eigenvalue weighted by molar-refractivity contribution is 0.0132. The third-order valence-corrected chi connectivity index (χ3v) is 5.40. The molecule has 1 saturated heterocycles. The number of aromatic nitrogens is 2. The number of aliphatic imine (C=N–C) groups is 1. The first-order valence-electron chi connectivity index (χ1n) is 11.0. The molecule has 31 heavy (non-hydrogen) atoms. The molecule has 2 aromatic rings. The smallest absolute Gasteiger partial charge is 0.191 e. The zero-order valence-electron chi connectivity index (χ0n) is 19.0. The molecule has 0 spiro atoms. The number of morpholine rings is 1. The molecule has 0 aliphatic carbocycles. The molecule has 1 aliphatic heterocycles. The van der Waals surface area contributed by atoms with Crippen LogP contribution < -0.4 is 10.6 Å². The maximum Gasteiger partial charge on any atom is 0.191 e. The van der Waals surface area contributed by atoms with Gasteiger partial charge in [0.1, 0.15) is 0 Å². The van der Waals surface area contributed by atoms with E-state index < -0.39 is 0 Å². The van der Waals surface area contributed by atoms with Crippen LogP contribution in [0.25, 0.3) is 5.69 Å². The third-order valence-electron chi connectivity index (χ3n) is 5.40. The minimum atomic E-state index is 0. The fraction of sp³-hybridized carbons (Fsp3) is 0.565. The first-order valence-corrected chi connectivity index (χ1v) is 11.0. The number of ether oxygens (including phenoxy) is 1. The van der Waals surface area contributed by atoms with E-state index in [1.54, 1.807) is 0 Å². The average molecular weight is 540 g/mol. The zero-order valence-corrected chi connectivity index (χ0v) is 21.3. The van der Waals surface area contributed by atoms with Crippen LogP contribution in [0.3, 0.4) is 0 Å². The van der Waals surface area contributed by atoms with Crippen LogP contribution in [-0.2, 0) is 11.2 Å². The van der Waals surface area contributed by atoms with Gasteiger partial charge in [-0.3, -0.25) is 9.89 Å². The second kappa shape index (κ2) is 13.7. The van der Waals surface area contributed by atoms with E-state index in [0.717, 1.165) is 57.5 Å². The Labute approximate surface area is 203 Å². The summed E-state index contributed by atoms with van der Waals surface area (Å²) >= 11 is 0. The van der Waals surface area contributed by atoms with Gasteiger partial charge in [0.15, 0.2) is 5.96 Å². The van der Waals surface area contributed by atoms with Crippen molar-refractivity contribution in [1.82, 2.24) is 25.3 Å². The molecule has 2 N–H and O–H groups in total. The summed E-state index contributed by atoms with van der Waals surface area (Å²) < 4.78 is 7.44. The lowest BCUT2D eigenvalue weighted by atomic mass is 10.0. The molecule has 8 heteroatoms. The van der Waals surface area contributed by atoms with Gasteiger partial charge in [0.2, 0.25) is 0 Å². The Balaban J connectivity index is 0.00000341. The summed E-state index contributed by atoms with van der Waals surface area (Å²) in [5, 5.41) is 11.4. The van der Waals surface area contributed by atoms with Crippen molar-refractivity contribution in [2.45, 2.75) is 32.7 Å². The number of guanidine groups is 1. The molecule has 0 bridgehead atoms. The van der Waals surface area contributed by atoms with Gasteiger partial charge in [-0.05, 0) is 36.5 Å². The summed E-state index contributed by atoms with van der Waals surface area (Å²) in [6.45, 7) is 9.96. The molecule has 0 amide bonds. The number of halogens is 1. The van der Waals surface area contributed by atoms with E-state index >= 15 is 0 Å². The highest BCUT2D eigenvalue weighted by Crippen LogP contribution is 2.13. The topological polar surface area (TPSA) is 66.7 Å².